The standard InChI is InChI=1S/C23H28N8O/c1-15(17-12-24-25-13-17)26-23-28-20(8-10-31(23)3)18-5-4-6-19(27-18)21-11-22(32-29-21)16-7-9-30(2)14-16/h4-6,8,10-13,15-16,23,26H,7,9,14H2,1-3H3,(H,24,25)/t15-,16-,23?/m1/s1. The second kappa shape index (κ2) is 8.68. The lowest BCUT2D eigenvalue weighted by Crippen LogP contribution is -2.43. The van der Waals surface area contributed by atoms with Crippen molar-refractivity contribution in [2.45, 2.75) is 31.6 Å². The summed E-state index contributed by atoms with van der Waals surface area (Å²) in [5.74, 6) is 1.33. The van der Waals surface area contributed by atoms with Crippen LogP contribution in [0.4, 0.5) is 0 Å². The number of likely N-dealkylation sites (N-methyl/N-ethyl adjacent to an activating group) is 1. The summed E-state index contributed by atoms with van der Waals surface area (Å²) < 4.78 is 5.66. The molecule has 1 fully saturated rings. The molecule has 2 N–H and O–H groups in total. The maximum Gasteiger partial charge on any atom is 0.176 e. The number of aliphatic imine (C=N–C) groups is 1. The molecule has 166 valence electrons. The Hall–Kier alpha value is -3.30. The van der Waals surface area contributed by atoms with Crippen LogP contribution in [-0.4, -0.2) is 69.3 Å². The van der Waals surface area contributed by atoms with Gasteiger partial charge in [0.25, 0.3) is 0 Å². The van der Waals surface area contributed by atoms with Crippen molar-refractivity contribution in [3.05, 3.63) is 66.0 Å². The minimum absolute atomic E-state index is 0.0974. The molecule has 5 heterocycles. The molecular formula is C23H28N8O. The number of allylic oxidation sites excluding steroid dienone is 1. The highest BCUT2D eigenvalue weighted by atomic mass is 16.5. The van der Waals surface area contributed by atoms with E-state index >= 15 is 0 Å². The van der Waals surface area contributed by atoms with Crippen molar-refractivity contribution in [2.75, 3.05) is 27.2 Å². The predicted octanol–water partition coefficient (Wildman–Crippen LogP) is 2.76. The molecule has 0 bridgehead atoms. The summed E-state index contributed by atoms with van der Waals surface area (Å²) in [5.41, 5.74) is 4.26. The van der Waals surface area contributed by atoms with Crippen molar-refractivity contribution >= 4 is 5.71 Å². The van der Waals surface area contributed by atoms with E-state index in [1.807, 2.05) is 60.9 Å². The Bertz CT molecular complexity index is 1120. The van der Waals surface area contributed by atoms with Crippen molar-refractivity contribution < 1.29 is 4.52 Å². The van der Waals surface area contributed by atoms with Gasteiger partial charge in [0.2, 0.25) is 0 Å². The Labute approximate surface area is 187 Å². The van der Waals surface area contributed by atoms with E-state index in [-0.39, 0.29) is 12.3 Å². The quantitative estimate of drug-likeness (QED) is 0.618. The average molecular weight is 433 g/mol. The molecule has 1 unspecified atom stereocenters. The van der Waals surface area contributed by atoms with Crippen molar-refractivity contribution in [3.63, 3.8) is 0 Å². The third kappa shape index (κ3) is 4.21. The molecule has 9 heteroatoms. The fourth-order valence-corrected chi connectivity index (χ4v) is 4.15. The van der Waals surface area contributed by atoms with E-state index in [4.69, 9.17) is 14.5 Å². The number of hydrogen-bond acceptors (Lipinski definition) is 8. The van der Waals surface area contributed by atoms with Crippen molar-refractivity contribution in [1.29, 1.82) is 0 Å². The first-order valence-electron chi connectivity index (χ1n) is 10.9. The molecule has 0 spiro atoms. The highest BCUT2D eigenvalue weighted by molar-refractivity contribution is 6.08. The van der Waals surface area contributed by atoms with Crippen LogP contribution in [0.25, 0.3) is 11.4 Å². The van der Waals surface area contributed by atoms with Crippen molar-refractivity contribution in [3.8, 4) is 11.4 Å². The summed E-state index contributed by atoms with van der Waals surface area (Å²) in [6.45, 7) is 4.18. The number of nitrogens with zero attached hydrogens (tertiary/aromatic N) is 6. The van der Waals surface area contributed by atoms with Gasteiger partial charge in [0.05, 0.1) is 23.3 Å². The molecule has 1 saturated heterocycles. The highest BCUT2D eigenvalue weighted by Crippen LogP contribution is 2.29. The summed E-state index contributed by atoms with van der Waals surface area (Å²) in [6, 6.07) is 8.04. The summed E-state index contributed by atoms with van der Waals surface area (Å²) in [5, 5.41) is 14.7. The monoisotopic (exact) mass is 432 g/mol. The van der Waals surface area contributed by atoms with Gasteiger partial charge in [-0.3, -0.25) is 10.4 Å². The number of pyridine rings is 1. The molecule has 0 aliphatic carbocycles. The molecule has 0 amide bonds. The Morgan fingerprint density at radius 2 is 2.09 bits per heavy atom. The molecular weight excluding hydrogens is 404 g/mol. The van der Waals surface area contributed by atoms with Gasteiger partial charge in [-0.25, -0.2) is 9.98 Å². The van der Waals surface area contributed by atoms with Crippen LogP contribution in [0.3, 0.4) is 0 Å². The van der Waals surface area contributed by atoms with Crippen LogP contribution in [0.15, 0.2) is 58.5 Å². The number of nitrogens with one attached hydrogen (secondary N) is 2. The number of likely N-dealkylation sites (tertiary alicyclic amines) is 1. The molecule has 3 atom stereocenters. The number of aromatic amines is 1. The van der Waals surface area contributed by atoms with Gasteiger partial charge < -0.3 is 14.3 Å². The Balaban J connectivity index is 1.35. The summed E-state index contributed by atoms with van der Waals surface area (Å²) >= 11 is 0. The van der Waals surface area contributed by atoms with Gasteiger partial charge >= 0.3 is 0 Å². The summed E-state index contributed by atoms with van der Waals surface area (Å²) in [7, 11) is 4.13. The van der Waals surface area contributed by atoms with Gasteiger partial charge in [0, 0.05) is 49.6 Å². The average Bonchev–Trinajstić information content (AvgIpc) is 3.57. The van der Waals surface area contributed by atoms with E-state index in [0.29, 0.717) is 5.92 Å². The molecule has 3 aromatic rings. The van der Waals surface area contributed by atoms with Gasteiger partial charge in [-0.05, 0) is 45.1 Å². The molecule has 32 heavy (non-hydrogen) atoms. The van der Waals surface area contributed by atoms with E-state index in [1.165, 1.54) is 0 Å². The van der Waals surface area contributed by atoms with Crippen LogP contribution in [0.5, 0.6) is 0 Å². The van der Waals surface area contributed by atoms with Crippen LogP contribution < -0.4 is 5.32 Å². The first kappa shape index (κ1) is 20.6. The van der Waals surface area contributed by atoms with Gasteiger partial charge in [-0.2, -0.15) is 5.10 Å². The lowest BCUT2D eigenvalue weighted by Gasteiger charge is -2.30. The van der Waals surface area contributed by atoms with Crippen LogP contribution in [-0.2, 0) is 0 Å². The second-order valence-electron chi connectivity index (χ2n) is 8.56. The van der Waals surface area contributed by atoms with Crippen LogP contribution in [0, 0.1) is 0 Å². The van der Waals surface area contributed by atoms with Crippen LogP contribution in [0.2, 0.25) is 0 Å². The van der Waals surface area contributed by atoms with E-state index < -0.39 is 0 Å². The molecule has 0 saturated carbocycles. The predicted molar refractivity (Wildman–Crippen MR) is 122 cm³/mol. The van der Waals surface area contributed by atoms with Crippen molar-refractivity contribution in [2.24, 2.45) is 4.99 Å². The van der Waals surface area contributed by atoms with Gasteiger partial charge in [-0.15, -0.1) is 0 Å². The lowest BCUT2D eigenvalue weighted by atomic mass is 10.1. The first-order valence-corrected chi connectivity index (χ1v) is 10.9. The Kier molecular flexibility index (Phi) is 5.59. The summed E-state index contributed by atoms with van der Waals surface area (Å²) in [6.07, 6.45) is 8.60. The van der Waals surface area contributed by atoms with E-state index in [2.05, 4.69) is 39.5 Å². The molecule has 2 aliphatic rings. The second-order valence-corrected chi connectivity index (χ2v) is 8.56. The number of hydrogen-bond donors (Lipinski definition) is 2. The molecule has 0 aromatic carbocycles. The number of H-pyrrole nitrogens is 1. The van der Waals surface area contributed by atoms with Gasteiger partial charge in [0.1, 0.15) is 11.5 Å². The zero-order valence-corrected chi connectivity index (χ0v) is 18.6. The minimum Gasteiger partial charge on any atom is -0.360 e. The third-order valence-electron chi connectivity index (χ3n) is 6.13. The number of rotatable bonds is 6. The molecule has 9 nitrogen and oxygen atoms in total. The topological polar surface area (TPSA) is 98.5 Å². The smallest absolute Gasteiger partial charge is 0.176 e. The molecule has 2 aliphatic heterocycles. The molecule has 0 radical (unpaired) electrons. The largest absolute Gasteiger partial charge is 0.360 e. The zero-order valence-electron chi connectivity index (χ0n) is 18.6. The van der Waals surface area contributed by atoms with Gasteiger partial charge in [0.15, 0.2) is 6.29 Å². The third-order valence-corrected chi connectivity index (χ3v) is 6.13. The molecule has 5 rings (SSSR count). The number of aromatic nitrogens is 4. The fraction of sp³-hybridized carbons (Fsp3) is 0.391. The van der Waals surface area contributed by atoms with E-state index in [9.17, 15) is 0 Å². The lowest BCUT2D eigenvalue weighted by molar-refractivity contribution is 0.261. The van der Waals surface area contributed by atoms with Crippen molar-refractivity contribution in [1.82, 2.24) is 35.5 Å². The first-order chi connectivity index (χ1) is 15.6. The fourth-order valence-electron chi connectivity index (χ4n) is 4.15. The van der Waals surface area contributed by atoms with E-state index in [0.717, 1.165) is 53.6 Å². The Morgan fingerprint density at radius 1 is 1.22 bits per heavy atom. The zero-order chi connectivity index (χ0) is 22.1. The maximum atomic E-state index is 5.66. The normalized spacial score (nSPS) is 22.3. The summed E-state index contributed by atoms with van der Waals surface area (Å²) in [4.78, 5) is 14.1. The van der Waals surface area contributed by atoms with Crippen LogP contribution in [0.1, 0.15) is 42.3 Å². The Morgan fingerprint density at radius 3 is 2.88 bits per heavy atom. The SMILES string of the molecule is C[C@@H](NC1N=C(c2cccc(-c3cc([C@@H]4CCN(C)C4)on3)n2)C=CN1C)c1cn[nH]c1. The molecule has 3 aromatic heterocycles. The van der Waals surface area contributed by atoms with Gasteiger partial charge in [-0.1, -0.05) is 11.2 Å². The minimum atomic E-state index is -0.205. The van der Waals surface area contributed by atoms with E-state index in [1.54, 1.807) is 0 Å². The highest BCUT2D eigenvalue weighted by Gasteiger charge is 2.25. The van der Waals surface area contributed by atoms with Crippen LogP contribution >= 0.6 is 0 Å². The maximum absolute atomic E-state index is 5.66.